The van der Waals surface area contributed by atoms with Gasteiger partial charge in [0.05, 0.1) is 0 Å². The highest BCUT2D eigenvalue weighted by atomic mass is 79.9. The van der Waals surface area contributed by atoms with Crippen LogP contribution in [0.3, 0.4) is 0 Å². The Hall–Kier alpha value is -2.21. The second kappa shape index (κ2) is 7.37. The van der Waals surface area contributed by atoms with Crippen LogP contribution in [-0.4, -0.2) is 22.8 Å². The van der Waals surface area contributed by atoms with Crippen molar-refractivity contribution in [2.45, 2.75) is 26.8 Å². The van der Waals surface area contributed by atoms with Crippen LogP contribution in [0.2, 0.25) is 0 Å². The summed E-state index contributed by atoms with van der Waals surface area (Å²) in [7, 11) is 0. The normalized spacial score (nSPS) is 10.5. The van der Waals surface area contributed by atoms with Gasteiger partial charge in [-0.15, -0.1) is 0 Å². The average molecular weight is 376 g/mol. The summed E-state index contributed by atoms with van der Waals surface area (Å²) in [5, 5.41) is 5.53. The first-order valence-corrected chi connectivity index (χ1v) is 8.01. The summed E-state index contributed by atoms with van der Waals surface area (Å²) in [6, 6.07) is 10.3. The molecule has 5 nitrogen and oxygen atoms in total. The van der Waals surface area contributed by atoms with Gasteiger partial charge in [-0.25, -0.2) is 4.98 Å². The minimum absolute atomic E-state index is 0.00697. The summed E-state index contributed by atoms with van der Waals surface area (Å²) in [5.41, 5.74) is 2.11. The van der Waals surface area contributed by atoms with Crippen molar-refractivity contribution in [1.82, 2.24) is 10.3 Å². The highest BCUT2D eigenvalue weighted by molar-refractivity contribution is 9.10. The summed E-state index contributed by atoms with van der Waals surface area (Å²) in [6.07, 6.45) is 0. The van der Waals surface area contributed by atoms with E-state index < -0.39 is 0 Å². The van der Waals surface area contributed by atoms with Gasteiger partial charge >= 0.3 is 0 Å². The number of pyridine rings is 1. The van der Waals surface area contributed by atoms with Gasteiger partial charge in [-0.3, -0.25) is 9.59 Å². The van der Waals surface area contributed by atoms with Crippen LogP contribution in [0.1, 0.15) is 40.4 Å². The maximum atomic E-state index is 12.3. The molecule has 2 aromatic rings. The Morgan fingerprint density at radius 3 is 2.35 bits per heavy atom. The quantitative estimate of drug-likeness (QED) is 0.858. The number of hydrogen-bond acceptors (Lipinski definition) is 3. The number of aromatic nitrogens is 1. The highest BCUT2D eigenvalue weighted by Gasteiger charge is 2.13. The molecule has 23 heavy (non-hydrogen) atoms. The van der Waals surface area contributed by atoms with E-state index in [0.29, 0.717) is 5.69 Å². The third-order valence-electron chi connectivity index (χ3n) is 3.05. The molecule has 0 bridgehead atoms. The van der Waals surface area contributed by atoms with Crippen LogP contribution in [0, 0.1) is 6.92 Å². The van der Waals surface area contributed by atoms with Crippen LogP contribution in [-0.2, 0) is 0 Å². The molecule has 120 valence electrons. The standard InChI is InChI=1S/C17H18BrN3O2/c1-10(2)19-16(22)14-5-4-6-15(21-14)17(23)20-12-7-8-13(18)11(3)9-12/h4-10H,1-3H3,(H,19,22)(H,20,23). The maximum Gasteiger partial charge on any atom is 0.274 e. The summed E-state index contributed by atoms with van der Waals surface area (Å²) in [5.74, 6) is -0.653. The van der Waals surface area contributed by atoms with Gasteiger partial charge in [0.1, 0.15) is 11.4 Å². The van der Waals surface area contributed by atoms with E-state index in [1.54, 1.807) is 24.3 Å². The Kier molecular flexibility index (Phi) is 5.50. The van der Waals surface area contributed by atoms with Gasteiger partial charge in [0, 0.05) is 16.2 Å². The molecule has 2 N–H and O–H groups in total. The molecule has 1 aromatic carbocycles. The number of halogens is 1. The number of carbonyl (C=O) groups is 2. The molecule has 0 spiro atoms. The minimum atomic E-state index is -0.356. The molecule has 6 heteroatoms. The van der Waals surface area contributed by atoms with E-state index in [-0.39, 0.29) is 29.2 Å². The number of carbonyl (C=O) groups excluding carboxylic acids is 2. The Morgan fingerprint density at radius 2 is 1.74 bits per heavy atom. The summed E-state index contributed by atoms with van der Waals surface area (Å²) < 4.78 is 0.973. The van der Waals surface area contributed by atoms with E-state index in [4.69, 9.17) is 0 Å². The van der Waals surface area contributed by atoms with E-state index in [1.165, 1.54) is 0 Å². The van der Waals surface area contributed by atoms with Crippen LogP contribution in [0.4, 0.5) is 5.69 Å². The van der Waals surface area contributed by atoms with Crippen molar-refractivity contribution in [1.29, 1.82) is 0 Å². The molecule has 0 aliphatic rings. The first-order chi connectivity index (χ1) is 10.9. The molecule has 2 rings (SSSR count). The van der Waals surface area contributed by atoms with Gasteiger partial charge in [0.2, 0.25) is 0 Å². The number of anilines is 1. The van der Waals surface area contributed by atoms with Crippen LogP contribution in [0.25, 0.3) is 0 Å². The van der Waals surface area contributed by atoms with Crippen molar-refractivity contribution in [2.24, 2.45) is 0 Å². The van der Waals surface area contributed by atoms with Crippen LogP contribution in [0.5, 0.6) is 0 Å². The number of nitrogens with one attached hydrogen (secondary N) is 2. The lowest BCUT2D eigenvalue weighted by Crippen LogP contribution is -2.31. The molecule has 0 radical (unpaired) electrons. The first kappa shape index (κ1) is 17.1. The molecule has 0 saturated heterocycles. The smallest absolute Gasteiger partial charge is 0.274 e. The summed E-state index contributed by atoms with van der Waals surface area (Å²) in [4.78, 5) is 28.4. The summed E-state index contributed by atoms with van der Waals surface area (Å²) in [6.45, 7) is 5.67. The van der Waals surface area contributed by atoms with Gasteiger partial charge in [0.15, 0.2) is 0 Å². The second-order valence-electron chi connectivity index (χ2n) is 5.45. The van der Waals surface area contributed by atoms with Crippen LogP contribution >= 0.6 is 15.9 Å². The lowest BCUT2D eigenvalue weighted by atomic mass is 10.2. The van der Waals surface area contributed by atoms with Crippen molar-refractivity contribution in [3.63, 3.8) is 0 Å². The van der Waals surface area contributed by atoms with E-state index in [1.807, 2.05) is 32.9 Å². The second-order valence-corrected chi connectivity index (χ2v) is 6.31. The van der Waals surface area contributed by atoms with Gasteiger partial charge in [-0.1, -0.05) is 22.0 Å². The molecule has 0 aliphatic heterocycles. The molecule has 0 atom stereocenters. The summed E-state index contributed by atoms with van der Waals surface area (Å²) >= 11 is 3.42. The fourth-order valence-corrected chi connectivity index (χ4v) is 2.19. The van der Waals surface area contributed by atoms with Crippen molar-refractivity contribution in [2.75, 3.05) is 5.32 Å². The average Bonchev–Trinajstić information content (AvgIpc) is 2.50. The van der Waals surface area contributed by atoms with Crippen molar-refractivity contribution >= 4 is 33.4 Å². The largest absolute Gasteiger partial charge is 0.349 e. The number of benzene rings is 1. The fourth-order valence-electron chi connectivity index (χ4n) is 1.94. The first-order valence-electron chi connectivity index (χ1n) is 7.22. The van der Waals surface area contributed by atoms with Gasteiger partial charge < -0.3 is 10.6 Å². The lowest BCUT2D eigenvalue weighted by Gasteiger charge is -2.09. The number of hydrogen-bond donors (Lipinski definition) is 2. The van der Waals surface area contributed by atoms with Crippen molar-refractivity contribution < 1.29 is 9.59 Å². The predicted molar refractivity (Wildman–Crippen MR) is 93.7 cm³/mol. The zero-order chi connectivity index (χ0) is 17.0. The number of amides is 2. The van der Waals surface area contributed by atoms with Gasteiger partial charge in [0.25, 0.3) is 11.8 Å². The molecular weight excluding hydrogens is 358 g/mol. The molecule has 0 aliphatic carbocycles. The Labute approximate surface area is 143 Å². The fraction of sp³-hybridized carbons (Fsp3) is 0.235. The van der Waals surface area contributed by atoms with E-state index >= 15 is 0 Å². The van der Waals surface area contributed by atoms with Crippen LogP contribution in [0.15, 0.2) is 40.9 Å². The molecule has 1 aromatic heterocycles. The molecule has 0 saturated carbocycles. The third-order valence-corrected chi connectivity index (χ3v) is 3.94. The van der Waals surface area contributed by atoms with E-state index in [0.717, 1.165) is 10.0 Å². The molecule has 0 fully saturated rings. The zero-order valence-electron chi connectivity index (χ0n) is 13.2. The Morgan fingerprint density at radius 1 is 1.09 bits per heavy atom. The molecule has 2 amide bonds. The highest BCUT2D eigenvalue weighted by Crippen LogP contribution is 2.20. The monoisotopic (exact) mass is 375 g/mol. The zero-order valence-corrected chi connectivity index (χ0v) is 14.8. The third kappa shape index (κ3) is 4.63. The topological polar surface area (TPSA) is 71.1 Å². The minimum Gasteiger partial charge on any atom is -0.349 e. The van der Waals surface area contributed by atoms with Gasteiger partial charge in [-0.05, 0) is 56.7 Å². The Balaban J connectivity index is 2.16. The van der Waals surface area contributed by atoms with E-state index in [9.17, 15) is 9.59 Å². The molecule has 0 unspecified atom stereocenters. The van der Waals surface area contributed by atoms with Crippen molar-refractivity contribution in [3.05, 3.63) is 57.8 Å². The van der Waals surface area contributed by atoms with E-state index in [2.05, 4.69) is 31.5 Å². The lowest BCUT2D eigenvalue weighted by molar-refractivity contribution is 0.0938. The van der Waals surface area contributed by atoms with Gasteiger partial charge in [-0.2, -0.15) is 0 Å². The maximum absolute atomic E-state index is 12.3. The molecular formula is C17H18BrN3O2. The van der Waals surface area contributed by atoms with Crippen LogP contribution < -0.4 is 10.6 Å². The number of aryl methyl sites for hydroxylation is 1. The molecule has 1 heterocycles. The Bertz CT molecular complexity index is 744. The number of rotatable bonds is 4. The predicted octanol–water partition coefficient (Wildman–Crippen LogP) is 3.54. The number of nitrogens with zero attached hydrogens (tertiary/aromatic N) is 1. The van der Waals surface area contributed by atoms with Crippen molar-refractivity contribution in [3.8, 4) is 0 Å². The SMILES string of the molecule is Cc1cc(NC(=O)c2cccc(C(=O)NC(C)C)n2)ccc1Br.